The molecule has 0 saturated heterocycles. The molecule has 2 N–H and O–H groups in total. The van der Waals surface area contributed by atoms with Gasteiger partial charge in [0, 0.05) is 37.5 Å². The number of fused-ring (bicyclic) bond motifs is 1. The Hall–Kier alpha value is -3.07. The quantitative estimate of drug-likeness (QED) is 0.530. The van der Waals surface area contributed by atoms with Gasteiger partial charge >= 0.3 is 6.03 Å². The minimum absolute atomic E-state index is 0.00642. The third-order valence-electron chi connectivity index (χ3n) is 6.48. The van der Waals surface area contributed by atoms with Crippen molar-refractivity contribution in [1.82, 2.24) is 14.4 Å². The van der Waals surface area contributed by atoms with E-state index >= 15 is 0 Å². The van der Waals surface area contributed by atoms with Crippen LogP contribution in [-0.4, -0.2) is 72.8 Å². The molecule has 0 radical (unpaired) electrons. The Bertz CT molecular complexity index is 1290. The summed E-state index contributed by atoms with van der Waals surface area (Å²) in [5.41, 5.74) is 1.72. The maximum absolute atomic E-state index is 13.6. The topological polar surface area (TPSA) is 125 Å². The van der Waals surface area contributed by atoms with E-state index < -0.39 is 22.2 Å². The van der Waals surface area contributed by atoms with Crippen LogP contribution < -0.4 is 10.1 Å². The van der Waals surface area contributed by atoms with Crippen LogP contribution in [0.2, 0.25) is 0 Å². The highest BCUT2D eigenvalue weighted by atomic mass is 32.2. The monoisotopic (exact) mass is 546 g/mol. The summed E-state index contributed by atoms with van der Waals surface area (Å²) in [4.78, 5) is 14.5. The lowest BCUT2D eigenvalue weighted by molar-refractivity contribution is 0.0830. The first-order chi connectivity index (χ1) is 17.8. The Morgan fingerprint density at radius 2 is 2.03 bits per heavy atom. The van der Waals surface area contributed by atoms with Gasteiger partial charge in [0.25, 0.3) is 0 Å². The molecule has 3 rings (SSSR count). The third kappa shape index (κ3) is 6.67. The van der Waals surface area contributed by atoms with E-state index in [1.54, 1.807) is 40.0 Å². The number of aromatic nitrogens is 1. The molecule has 0 fully saturated rings. The van der Waals surface area contributed by atoms with Gasteiger partial charge in [0.15, 0.2) is 5.76 Å². The van der Waals surface area contributed by atoms with Crippen LogP contribution in [0, 0.1) is 37.5 Å². The van der Waals surface area contributed by atoms with Gasteiger partial charge in [-0.15, -0.1) is 0 Å². The highest BCUT2D eigenvalue weighted by Crippen LogP contribution is 2.34. The number of likely N-dealkylation sites (N-methyl/N-ethyl adjacent to an activating group) is 1. The Balaban J connectivity index is 1.96. The number of amides is 2. The van der Waals surface area contributed by atoms with Gasteiger partial charge in [-0.3, -0.25) is 0 Å². The number of carbonyl (C=O) groups is 1. The van der Waals surface area contributed by atoms with Gasteiger partial charge < -0.3 is 24.6 Å². The average Bonchev–Trinajstić information content (AvgIpc) is 3.17. The molecule has 2 heterocycles. The first-order valence-electron chi connectivity index (χ1n) is 12.7. The van der Waals surface area contributed by atoms with Crippen molar-refractivity contribution in [2.75, 3.05) is 32.1 Å². The molecule has 10 nitrogen and oxygen atoms in total. The first-order valence-corrected chi connectivity index (χ1v) is 14.2. The molecule has 2 aromatic rings. The van der Waals surface area contributed by atoms with E-state index in [-0.39, 0.29) is 42.3 Å². The number of hydrogen-bond donors (Lipinski definition) is 2. The Labute approximate surface area is 225 Å². The Morgan fingerprint density at radius 3 is 2.63 bits per heavy atom. The number of benzene rings is 1. The number of sulfonamides is 1. The van der Waals surface area contributed by atoms with Crippen LogP contribution in [0.4, 0.5) is 10.5 Å². The Kier molecular flexibility index (Phi) is 9.46. The lowest BCUT2D eigenvalue weighted by Gasteiger charge is -2.37. The van der Waals surface area contributed by atoms with Crippen molar-refractivity contribution >= 4 is 21.7 Å². The maximum atomic E-state index is 13.6. The molecule has 1 aromatic heterocycles. The maximum Gasteiger partial charge on any atom is 0.321 e. The van der Waals surface area contributed by atoms with Crippen molar-refractivity contribution in [3.05, 3.63) is 35.2 Å². The van der Waals surface area contributed by atoms with E-state index in [4.69, 9.17) is 9.26 Å². The van der Waals surface area contributed by atoms with E-state index in [1.165, 1.54) is 15.3 Å². The molecule has 1 aliphatic heterocycles. The fraction of sp³-hybridized carbons (Fsp3) is 0.556. The number of rotatable bonds is 6. The number of carbonyl (C=O) groups excluding carboxylic acids is 1. The van der Waals surface area contributed by atoms with Crippen molar-refractivity contribution in [2.24, 2.45) is 11.8 Å². The highest BCUT2D eigenvalue weighted by Gasteiger charge is 2.38. The number of nitrogens with one attached hydrogen (secondary N) is 1. The number of ether oxygens (including phenoxy) is 1. The van der Waals surface area contributed by atoms with Gasteiger partial charge in [-0.25, -0.2) is 13.2 Å². The molecule has 11 heteroatoms. The van der Waals surface area contributed by atoms with E-state index in [0.717, 1.165) is 0 Å². The fourth-order valence-electron chi connectivity index (χ4n) is 4.10. The molecule has 0 unspecified atom stereocenters. The molecule has 0 saturated carbocycles. The largest absolute Gasteiger partial charge is 0.487 e. The number of anilines is 1. The standard InChI is InChI=1S/C27H38N4O6S/c1-17(2)9-8-10-22-11-12-25-23(13-22)36-24(18(3)14-31(19(4)16-32)38(25,34)35)15-30(7)27(33)28-26-20(5)29-37-21(26)6/h11-13,17-19,24,32H,9,14-16H2,1-7H3,(H,28,33)/t18-,19+,24-/m0/s1. The second kappa shape index (κ2) is 12.2. The van der Waals surface area contributed by atoms with Gasteiger partial charge in [0.2, 0.25) is 10.0 Å². The molecule has 0 bridgehead atoms. The van der Waals surface area contributed by atoms with Gasteiger partial charge in [-0.2, -0.15) is 4.31 Å². The average molecular weight is 547 g/mol. The molecular formula is C27H38N4O6S. The fourth-order valence-corrected chi connectivity index (χ4v) is 5.92. The molecule has 208 valence electrons. The lowest BCUT2D eigenvalue weighted by Crippen LogP contribution is -2.50. The lowest BCUT2D eigenvalue weighted by atomic mass is 10.0. The van der Waals surface area contributed by atoms with Crippen molar-refractivity contribution < 1.29 is 27.6 Å². The zero-order valence-electron chi connectivity index (χ0n) is 23.1. The van der Waals surface area contributed by atoms with Crippen LogP contribution in [-0.2, 0) is 10.0 Å². The van der Waals surface area contributed by atoms with Crippen LogP contribution in [0.3, 0.4) is 0 Å². The number of hydrogen-bond acceptors (Lipinski definition) is 7. The molecule has 0 aliphatic carbocycles. The summed E-state index contributed by atoms with van der Waals surface area (Å²) in [5, 5.41) is 16.5. The van der Waals surface area contributed by atoms with Gasteiger partial charge in [0.1, 0.15) is 28.1 Å². The van der Waals surface area contributed by atoms with Crippen LogP contribution >= 0.6 is 0 Å². The summed E-state index contributed by atoms with van der Waals surface area (Å²) in [7, 11) is -2.32. The second-order valence-electron chi connectivity index (χ2n) is 10.3. The van der Waals surface area contributed by atoms with E-state index in [2.05, 4.69) is 36.2 Å². The number of aryl methyl sites for hydroxylation is 2. The minimum Gasteiger partial charge on any atom is -0.487 e. The number of nitrogens with zero attached hydrogens (tertiary/aromatic N) is 3. The summed E-state index contributed by atoms with van der Waals surface area (Å²) < 4.78 is 40.0. The zero-order chi connectivity index (χ0) is 28.2. The van der Waals surface area contributed by atoms with Gasteiger partial charge in [-0.05, 0) is 44.9 Å². The molecule has 1 aromatic carbocycles. The third-order valence-corrected chi connectivity index (χ3v) is 8.50. The predicted molar refractivity (Wildman–Crippen MR) is 144 cm³/mol. The van der Waals surface area contributed by atoms with E-state index in [1.807, 2.05) is 6.92 Å². The van der Waals surface area contributed by atoms with Gasteiger partial charge in [0.05, 0.1) is 13.2 Å². The number of aliphatic hydroxyl groups excluding tert-OH is 1. The summed E-state index contributed by atoms with van der Waals surface area (Å²) >= 11 is 0. The molecule has 3 atom stereocenters. The summed E-state index contributed by atoms with van der Waals surface area (Å²) in [6.07, 6.45) is 0.167. The summed E-state index contributed by atoms with van der Waals surface area (Å²) in [6, 6.07) is 3.79. The van der Waals surface area contributed by atoms with Crippen LogP contribution in [0.1, 0.15) is 51.1 Å². The number of urea groups is 1. The van der Waals surface area contributed by atoms with E-state index in [0.29, 0.717) is 35.0 Å². The smallest absolute Gasteiger partial charge is 0.321 e. The van der Waals surface area contributed by atoms with Crippen LogP contribution in [0.15, 0.2) is 27.6 Å². The van der Waals surface area contributed by atoms with Crippen LogP contribution in [0.25, 0.3) is 0 Å². The Morgan fingerprint density at radius 1 is 1.32 bits per heavy atom. The normalized spacial score (nSPS) is 19.8. The number of aliphatic hydroxyl groups is 1. The second-order valence-corrected chi connectivity index (χ2v) is 12.2. The van der Waals surface area contributed by atoms with Crippen molar-refractivity contribution in [1.29, 1.82) is 0 Å². The van der Waals surface area contributed by atoms with E-state index in [9.17, 15) is 18.3 Å². The molecular weight excluding hydrogens is 508 g/mol. The summed E-state index contributed by atoms with van der Waals surface area (Å²) in [5.74, 6) is 6.98. The minimum atomic E-state index is -3.96. The molecule has 1 aliphatic rings. The molecule has 38 heavy (non-hydrogen) atoms. The highest BCUT2D eigenvalue weighted by molar-refractivity contribution is 7.89. The SMILES string of the molecule is Cc1noc(C)c1NC(=O)N(C)C[C@@H]1Oc2cc(C#CCC(C)C)ccc2S(=O)(=O)N([C@H](C)CO)C[C@@H]1C. The van der Waals surface area contributed by atoms with Crippen molar-refractivity contribution in [3.63, 3.8) is 0 Å². The molecule has 2 amide bonds. The first kappa shape index (κ1) is 29.5. The van der Waals surface area contributed by atoms with Crippen molar-refractivity contribution in [2.45, 2.75) is 65.0 Å². The molecule has 0 spiro atoms. The predicted octanol–water partition coefficient (Wildman–Crippen LogP) is 3.62. The van der Waals surface area contributed by atoms with Gasteiger partial charge in [-0.1, -0.05) is 37.8 Å². The van der Waals surface area contributed by atoms with Crippen molar-refractivity contribution in [3.8, 4) is 17.6 Å². The zero-order valence-corrected chi connectivity index (χ0v) is 23.9. The van der Waals surface area contributed by atoms with Crippen LogP contribution in [0.5, 0.6) is 5.75 Å². The summed E-state index contributed by atoms with van der Waals surface area (Å²) in [6.45, 7) is 11.1.